The molecule has 0 unspecified atom stereocenters. The zero-order valence-corrected chi connectivity index (χ0v) is 16.4. The van der Waals surface area contributed by atoms with Crippen LogP contribution in [0.1, 0.15) is 17.5 Å². The second-order valence-corrected chi connectivity index (χ2v) is 6.44. The van der Waals surface area contributed by atoms with Gasteiger partial charge in [-0.2, -0.15) is 15.0 Å². The average Bonchev–Trinajstić information content (AvgIpc) is 3.52. The second-order valence-electron chi connectivity index (χ2n) is 6.44. The van der Waals surface area contributed by atoms with Gasteiger partial charge in [0.15, 0.2) is 0 Å². The molecule has 12 nitrogen and oxygen atoms in total. The molecule has 0 fully saturated rings. The summed E-state index contributed by atoms with van der Waals surface area (Å²) in [6.45, 7) is 1.94. The lowest BCUT2D eigenvalue weighted by atomic mass is 10.4. The van der Waals surface area contributed by atoms with Crippen LogP contribution in [0.3, 0.4) is 0 Å². The molecule has 12 heteroatoms. The molecule has 0 saturated heterocycles. The lowest BCUT2D eigenvalue weighted by Gasteiger charge is -2.11. The molecule has 0 aliphatic rings. The van der Waals surface area contributed by atoms with E-state index in [2.05, 4.69) is 60.8 Å². The molecule has 0 aliphatic heterocycles. The van der Waals surface area contributed by atoms with Crippen LogP contribution in [0.4, 0.5) is 17.8 Å². The fourth-order valence-corrected chi connectivity index (χ4v) is 2.80. The molecule has 30 heavy (non-hydrogen) atoms. The normalized spacial score (nSPS) is 10.8. The van der Waals surface area contributed by atoms with E-state index >= 15 is 0 Å². The van der Waals surface area contributed by atoms with Crippen molar-refractivity contribution in [2.45, 2.75) is 19.3 Å². The number of nitrogens with zero attached hydrogens (tertiary/aromatic N) is 6. The van der Waals surface area contributed by atoms with Crippen molar-refractivity contribution in [2.24, 2.45) is 0 Å². The molecule has 4 heterocycles. The minimum absolute atomic E-state index is 0.498. The van der Waals surface area contributed by atoms with Crippen molar-refractivity contribution in [3.05, 3.63) is 54.7 Å². The summed E-state index contributed by atoms with van der Waals surface area (Å²) < 4.78 is 0. The maximum atomic E-state index is 4.46. The van der Waals surface area contributed by atoms with Gasteiger partial charge in [0, 0.05) is 76.1 Å². The summed E-state index contributed by atoms with van der Waals surface area (Å²) in [6.07, 6.45) is 12.8. The summed E-state index contributed by atoms with van der Waals surface area (Å²) in [5.41, 5.74) is 0. The number of nitrogens with one attached hydrogen (secondary N) is 6. The van der Waals surface area contributed by atoms with Crippen LogP contribution in [0.5, 0.6) is 0 Å². The number of hydrogen-bond acceptors (Lipinski definition) is 9. The molecular formula is C18H24N12. The van der Waals surface area contributed by atoms with Crippen LogP contribution < -0.4 is 16.0 Å². The first kappa shape index (κ1) is 19.4. The van der Waals surface area contributed by atoms with Gasteiger partial charge >= 0.3 is 0 Å². The van der Waals surface area contributed by atoms with Crippen LogP contribution in [0, 0.1) is 0 Å². The Bertz CT molecular complexity index is 837. The molecule has 0 radical (unpaired) electrons. The van der Waals surface area contributed by atoms with Crippen molar-refractivity contribution in [3.63, 3.8) is 0 Å². The van der Waals surface area contributed by atoms with E-state index in [1.807, 2.05) is 0 Å². The van der Waals surface area contributed by atoms with Crippen molar-refractivity contribution >= 4 is 17.8 Å². The zero-order chi connectivity index (χ0) is 20.4. The fraction of sp³-hybridized carbons (Fsp3) is 0.333. The minimum atomic E-state index is 0.498. The largest absolute Gasteiger partial charge is 0.354 e. The van der Waals surface area contributed by atoms with E-state index in [1.54, 1.807) is 37.2 Å². The Kier molecular flexibility index (Phi) is 6.45. The van der Waals surface area contributed by atoms with Crippen molar-refractivity contribution < 1.29 is 0 Å². The SMILES string of the molecule is c1c[nH]c(CCNc2nc(NCCc3ncc[nH]3)nc(NCCc3ncc[nH]3)n2)n1. The highest BCUT2D eigenvalue weighted by Gasteiger charge is 2.07. The van der Waals surface area contributed by atoms with Gasteiger partial charge in [-0.3, -0.25) is 0 Å². The third-order valence-electron chi connectivity index (χ3n) is 4.23. The van der Waals surface area contributed by atoms with Gasteiger partial charge in [0.05, 0.1) is 0 Å². The van der Waals surface area contributed by atoms with Crippen LogP contribution >= 0.6 is 0 Å². The van der Waals surface area contributed by atoms with Crippen LogP contribution in [-0.2, 0) is 19.3 Å². The molecule has 4 aromatic heterocycles. The standard InChI is InChI=1S/C18H24N12/c1(13-19-7-8-20-13)4-25-16-28-17(26-5-2-14-21-9-10-22-14)30-18(29-16)27-6-3-15-23-11-12-24-15/h7-12H,1-6H2,(H,19,20)(H,21,22)(H,23,24)(H3,25,26,27,28,29,30). The molecule has 0 spiro atoms. The van der Waals surface area contributed by atoms with Crippen LogP contribution in [-0.4, -0.2) is 64.5 Å². The Balaban J connectivity index is 1.36. The van der Waals surface area contributed by atoms with Crippen molar-refractivity contribution in [1.29, 1.82) is 0 Å². The fourth-order valence-electron chi connectivity index (χ4n) is 2.80. The predicted molar refractivity (Wildman–Crippen MR) is 112 cm³/mol. The van der Waals surface area contributed by atoms with Crippen molar-refractivity contribution in [1.82, 2.24) is 44.9 Å². The Hall–Kier alpha value is -3.96. The highest BCUT2D eigenvalue weighted by molar-refractivity contribution is 5.42. The molecule has 0 aliphatic carbocycles. The lowest BCUT2D eigenvalue weighted by Crippen LogP contribution is -2.16. The number of H-pyrrole nitrogens is 3. The maximum absolute atomic E-state index is 4.46. The van der Waals surface area contributed by atoms with E-state index in [1.165, 1.54) is 0 Å². The van der Waals surface area contributed by atoms with Crippen molar-refractivity contribution in [2.75, 3.05) is 35.6 Å². The Labute approximate surface area is 172 Å². The van der Waals surface area contributed by atoms with E-state index in [4.69, 9.17) is 0 Å². The Morgan fingerprint density at radius 2 is 0.867 bits per heavy atom. The van der Waals surface area contributed by atoms with Crippen LogP contribution in [0.25, 0.3) is 0 Å². The van der Waals surface area contributed by atoms with Crippen LogP contribution in [0.2, 0.25) is 0 Å². The van der Waals surface area contributed by atoms with E-state index in [-0.39, 0.29) is 0 Å². The molecule has 6 N–H and O–H groups in total. The van der Waals surface area contributed by atoms with E-state index in [0.29, 0.717) is 37.5 Å². The molecule has 4 aromatic rings. The molecule has 0 aromatic carbocycles. The first-order valence-electron chi connectivity index (χ1n) is 9.77. The quantitative estimate of drug-likeness (QED) is 0.201. The van der Waals surface area contributed by atoms with Gasteiger partial charge in [-0.15, -0.1) is 0 Å². The Morgan fingerprint density at radius 3 is 1.13 bits per heavy atom. The second kappa shape index (κ2) is 10.0. The topological polar surface area (TPSA) is 161 Å². The first-order valence-corrected chi connectivity index (χ1v) is 9.77. The maximum Gasteiger partial charge on any atom is 0.229 e. The van der Waals surface area contributed by atoms with E-state index < -0.39 is 0 Å². The molecule has 0 amide bonds. The van der Waals surface area contributed by atoms with Gasteiger partial charge in [-0.1, -0.05) is 0 Å². The monoisotopic (exact) mass is 408 g/mol. The van der Waals surface area contributed by atoms with Crippen molar-refractivity contribution in [3.8, 4) is 0 Å². The van der Waals surface area contributed by atoms with Gasteiger partial charge in [0.2, 0.25) is 17.8 Å². The summed E-state index contributed by atoms with van der Waals surface area (Å²) in [5.74, 6) is 4.22. The van der Waals surface area contributed by atoms with Gasteiger partial charge < -0.3 is 30.9 Å². The number of rotatable bonds is 12. The third kappa shape index (κ3) is 5.77. The predicted octanol–water partition coefficient (Wildman–Crippen LogP) is 1.00. The summed E-state index contributed by atoms with van der Waals surface area (Å²) in [5, 5.41) is 9.70. The van der Waals surface area contributed by atoms with Gasteiger partial charge in [-0.05, 0) is 0 Å². The molecule has 156 valence electrons. The average molecular weight is 408 g/mol. The zero-order valence-electron chi connectivity index (χ0n) is 16.4. The van der Waals surface area contributed by atoms with Gasteiger partial charge in [0.1, 0.15) is 17.5 Å². The van der Waals surface area contributed by atoms with Gasteiger partial charge in [0.25, 0.3) is 0 Å². The smallest absolute Gasteiger partial charge is 0.229 e. The number of aromatic amines is 3. The Morgan fingerprint density at radius 1 is 0.533 bits per heavy atom. The summed E-state index contributed by atoms with van der Waals surface area (Å²) in [6, 6.07) is 0. The number of hydrogen-bond donors (Lipinski definition) is 6. The number of anilines is 3. The summed E-state index contributed by atoms with van der Waals surface area (Å²) >= 11 is 0. The highest BCUT2D eigenvalue weighted by atomic mass is 15.3. The van der Waals surface area contributed by atoms with E-state index in [0.717, 1.165) is 36.7 Å². The highest BCUT2D eigenvalue weighted by Crippen LogP contribution is 2.10. The molecule has 0 bridgehead atoms. The lowest BCUT2D eigenvalue weighted by molar-refractivity contribution is 0.879. The number of aromatic nitrogens is 9. The summed E-state index contributed by atoms with van der Waals surface area (Å²) in [4.78, 5) is 35.3. The van der Waals surface area contributed by atoms with Crippen LogP contribution in [0.15, 0.2) is 37.2 Å². The molecule has 0 saturated carbocycles. The molecular weight excluding hydrogens is 384 g/mol. The van der Waals surface area contributed by atoms with Gasteiger partial charge in [-0.25, -0.2) is 15.0 Å². The summed E-state index contributed by atoms with van der Waals surface area (Å²) in [7, 11) is 0. The third-order valence-corrected chi connectivity index (χ3v) is 4.23. The first-order chi connectivity index (χ1) is 14.8. The minimum Gasteiger partial charge on any atom is -0.354 e. The molecule has 4 rings (SSSR count). The number of imidazole rings is 3. The van der Waals surface area contributed by atoms with E-state index in [9.17, 15) is 0 Å². The molecule has 0 atom stereocenters.